The first-order chi connectivity index (χ1) is 13.4. The topological polar surface area (TPSA) is 54.1 Å². The third-order valence-corrected chi connectivity index (χ3v) is 4.63. The van der Waals surface area contributed by atoms with Crippen LogP contribution in [0.2, 0.25) is 0 Å². The first-order valence-electron chi connectivity index (χ1n) is 9.07. The second-order valence-corrected chi connectivity index (χ2v) is 6.64. The lowest BCUT2D eigenvalue weighted by atomic mass is 10.0. The van der Waals surface area contributed by atoms with Crippen molar-refractivity contribution in [3.8, 4) is 11.3 Å². The molecule has 1 aromatic heterocycles. The minimum absolute atomic E-state index is 0.0152. The number of benzene rings is 2. The fourth-order valence-electron chi connectivity index (χ4n) is 2.99. The number of nitrogens with one attached hydrogen (secondary N) is 2. The van der Waals surface area contributed by atoms with E-state index >= 15 is 0 Å². The summed E-state index contributed by atoms with van der Waals surface area (Å²) < 4.78 is 46.5. The van der Waals surface area contributed by atoms with Crippen molar-refractivity contribution in [2.45, 2.75) is 32.7 Å². The number of rotatable bonds is 6. The second kappa shape index (κ2) is 8.37. The number of halogens is 3. The second-order valence-electron chi connectivity index (χ2n) is 6.64. The quantitative estimate of drug-likeness (QED) is 0.599. The minimum Gasteiger partial charge on any atom is -0.449 e. The molecule has 7 heteroatoms. The number of hydrogen-bond acceptors (Lipinski definition) is 2. The molecule has 1 unspecified atom stereocenters. The third-order valence-electron chi connectivity index (χ3n) is 4.63. The van der Waals surface area contributed by atoms with Crippen LogP contribution in [0.4, 0.5) is 18.0 Å². The number of H-pyrrole nitrogens is 1. The van der Waals surface area contributed by atoms with E-state index in [4.69, 9.17) is 4.74 Å². The maximum absolute atomic E-state index is 14.2. The van der Waals surface area contributed by atoms with Gasteiger partial charge in [0, 0.05) is 29.6 Å². The lowest BCUT2D eigenvalue weighted by Crippen LogP contribution is -2.32. The van der Waals surface area contributed by atoms with Gasteiger partial charge in [0.05, 0.1) is 12.1 Å². The summed E-state index contributed by atoms with van der Waals surface area (Å²) in [5.74, 6) is -1.82. The Morgan fingerprint density at radius 1 is 1.14 bits per heavy atom. The van der Waals surface area contributed by atoms with Gasteiger partial charge in [0.25, 0.3) is 0 Å². The van der Waals surface area contributed by atoms with Crippen molar-refractivity contribution in [2.24, 2.45) is 0 Å². The van der Waals surface area contributed by atoms with Crippen LogP contribution in [0.25, 0.3) is 22.2 Å². The number of fused-ring (bicyclic) bond motifs is 1. The van der Waals surface area contributed by atoms with Gasteiger partial charge in [-0.1, -0.05) is 6.92 Å². The molecular formula is C21H21F3N2O2. The van der Waals surface area contributed by atoms with E-state index in [1.165, 1.54) is 18.2 Å². The standard InChI is InChI=1S/C21H21F3N2O2/c1-3-12(2)25-21(27)28-9-8-16-17-10-15(23)11-18(24)20(17)26-19(16)13-4-6-14(22)7-5-13/h4-7,10-12,26H,3,8-9H2,1-2H3,(H,25,27). The van der Waals surface area contributed by atoms with Crippen molar-refractivity contribution < 1.29 is 22.7 Å². The van der Waals surface area contributed by atoms with E-state index in [0.29, 0.717) is 22.2 Å². The molecule has 0 radical (unpaired) electrons. The van der Waals surface area contributed by atoms with E-state index in [1.54, 1.807) is 12.1 Å². The Kier molecular flexibility index (Phi) is 5.92. The SMILES string of the molecule is CCC(C)NC(=O)OCCc1c(-c2ccc(F)cc2)[nH]c2c(F)cc(F)cc12. The van der Waals surface area contributed by atoms with Crippen LogP contribution in [0.15, 0.2) is 36.4 Å². The maximum Gasteiger partial charge on any atom is 0.407 e. The largest absolute Gasteiger partial charge is 0.449 e. The van der Waals surface area contributed by atoms with Crippen molar-refractivity contribution in [1.82, 2.24) is 10.3 Å². The maximum atomic E-state index is 14.2. The van der Waals surface area contributed by atoms with Gasteiger partial charge in [0.1, 0.15) is 17.5 Å². The monoisotopic (exact) mass is 390 g/mol. The summed E-state index contributed by atoms with van der Waals surface area (Å²) in [6.07, 6.45) is 0.462. The molecule has 2 aromatic carbocycles. The molecule has 0 aliphatic heterocycles. The van der Waals surface area contributed by atoms with Gasteiger partial charge < -0.3 is 15.0 Å². The third kappa shape index (κ3) is 4.30. The highest BCUT2D eigenvalue weighted by Gasteiger charge is 2.18. The molecule has 1 heterocycles. The molecule has 1 amide bonds. The van der Waals surface area contributed by atoms with E-state index in [2.05, 4.69) is 10.3 Å². The number of amides is 1. The van der Waals surface area contributed by atoms with Crippen molar-refractivity contribution in [2.75, 3.05) is 6.61 Å². The average molecular weight is 390 g/mol. The van der Waals surface area contributed by atoms with Gasteiger partial charge in [0.15, 0.2) is 0 Å². The molecule has 0 aliphatic rings. The van der Waals surface area contributed by atoms with Gasteiger partial charge in [-0.25, -0.2) is 18.0 Å². The van der Waals surface area contributed by atoms with Gasteiger partial charge in [-0.05, 0) is 54.8 Å². The zero-order chi connectivity index (χ0) is 20.3. The predicted molar refractivity (Wildman–Crippen MR) is 102 cm³/mol. The first-order valence-corrected chi connectivity index (χ1v) is 9.07. The van der Waals surface area contributed by atoms with Gasteiger partial charge >= 0.3 is 6.09 Å². The van der Waals surface area contributed by atoms with Crippen LogP contribution in [0, 0.1) is 17.5 Å². The van der Waals surface area contributed by atoms with Crippen molar-refractivity contribution in [1.29, 1.82) is 0 Å². The summed E-state index contributed by atoms with van der Waals surface area (Å²) in [6, 6.07) is 7.69. The molecule has 0 aliphatic carbocycles. The number of hydrogen-bond donors (Lipinski definition) is 2. The number of alkyl carbamates (subject to hydrolysis) is 1. The minimum atomic E-state index is -0.722. The van der Waals surface area contributed by atoms with Gasteiger partial charge in [0.2, 0.25) is 0 Å². The molecule has 3 aromatic rings. The Morgan fingerprint density at radius 3 is 2.54 bits per heavy atom. The van der Waals surface area contributed by atoms with Crippen LogP contribution in [-0.4, -0.2) is 23.7 Å². The first kappa shape index (κ1) is 19.8. The summed E-state index contributed by atoms with van der Waals surface area (Å²) in [5.41, 5.74) is 1.90. The molecule has 0 bridgehead atoms. The van der Waals surface area contributed by atoms with Crippen LogP contribution in [-0.2, 0) is 11.2 Å². The van der Waals surface area contributed by atoms with E-state index in [1.807, 2.05) is 13.8 Å². The Hall–Kier alpha value is -2.96. The molecule has 3 rings (SSSR count). The number of carbonyl (C=O) groups excluding carboxylic acids is 1. The Labute approximate surface area is 160 Å². The molecular weight excluding hydrogens is 369 g/mol. The zero-order valence-corrected chi connectivity index (χ0v) is 15.6. The predicted octanol–water partition coefficient (Wildman–Crippen LogP) is 5.32. The Morgan fingerprint density at radius 2 is 1.86 bits per heavy atom. The summed E-state index contributed by atoms with van der Waals surface area (Å²) >= 11 is 0. The highest BCUT2D eigenvalue weighted by Crippen LogP contribution is 2.32. The van der Waals surface area contributed by atoms with Crippen molar-refractivity contribution in [3.63, 3.8) is 0 Å². The molecule has 0 saturated carbocycles. The summed E-state index contributed by atoms with van der Waals surface area (Å²) in [7, 11) is 0. The van der Waals surface area contributed by atoms with Gasteiger partial charge in [-0.2, -0.15) is 0 Å². The Bertz CT molecular complexity index is 983. The highest BCUT2D eigenvalue weighted by atomic mass is 19.1. The molecule has 0 saturated heterocycles. The van der Waals surface area contributed by atoms with Crippen LogP contribution < -0.4 is 5.32 Å². The highest BCUT2D eigenvalue weighted by molar-refractivity contribution is 5.91. The fraction of sp³-hybridized carbons (Fsp3) is 0.286. The summed E-state index contributed by atoms with van der Waals surface area (Å²) in [5, 5.41) is 3.05. The van der Waals surface area contributed by atoms with Crippen LogP contribution in [0.5, 0.6) is 0 Å². The van der Waals surface area contributed by atoms with Crippen molar-refractivity contribution in [3.05, 3.63) is 59.4 Å². The average Bonchev–Trinajstić information content (AvgIpc) is 3.01. The molecule has 0 spiro atoms. The normalized spacial score (nSPS) is 12.2. The van der Waals surface area contributed by atoms with E-state index in [-0.39, 0.29) is 24.6 Å². The molecule has 148 valence electrons. The number of ether oxygens (including phenoxy) is 1. The Balaban J connectivity index is 1.91. The molecule has 0 fully saturated rings. The van der Waals surface area contributed by atoms with E-state index < -0.39 is 23.5 Å². The van der Waals surface area contributed by atoms with Crippen molar-refractivity contribution >= 4 is 17.0 Å². The molecule has 1 atom stereocenters. The van der Waals surface area contributed by atoms with E-state index in [0.717, 1.165) is 12.5 Å². The lowest BCUT2D eigenvalue weighted by molar-refractivity contribution is 0.144. The van der Waals surface area contributed by atoms with Crippen LogP contribution >= 0.6 is 0 Å². The van der Waals surface area contributed by atoms with E-state index in [9.17, 15) is 18.0 Å². The summed E-state index contributed by atoms with van der Waals surface area (Å²) in [6.45, 7) is 3.83. The molecule has 2 N–H and O–H groups in total. The smallest absolute Gasteiger partial charge is 0.407 e. The van der Waals surface area contributed by atoms with Crippen LogP contribution in [0.1, 0.15) is 25.8 Å². The number of aromatic amines is 1. The summed E-state index contributed by atoms with van der Waals surface area (Å²) in [4.78, 5) is 14.8. The number of aromatic nitrogens is 1. The van der Waals surface area contributed by atoms with Gasteiger partial charge in [-0.15, -0.1) is 0 Å². The van der Waals surface area contributed by atoms with Crippen LogP contribution in [0.3, 0.4) is 0 Å². The zero-order valence-electron chi connectivity index (χ0n) is 15.6. The fourth-order valence-corrected chi connectivity index (χ4v) is 2.99. The molecule has 4 nitrogen and oxygen atoms in total. The lowest BCUT2D eigenvalue weighted by Gasteiger charge is -2.12. The number of carbonyl (C=O) groups is 1. The molecule has 28 heavy (non-hydrogen) atoms. The van der Waals surface area contributed by atoms with Gasteiger partial charge in [-0.3, -0.25) is 0 Å².